The lowest BCUT2D eigenvalue weighted by Gasteiger charge is -2.37. The highest BCUT2D eigenvalue weighted by atomic mass is 32.1. The van der Waals surface area contributed by atoms with Crippen molar-refractivity contribution in [3.8, 4) is 0 Å². The summed E-state index contributed by atoms with van der Waals surface area (Å²) in [5, 5.41) is 14.4. The highest BCUT2D eigenvalue weighted by Crippen LogP contribution is 2.45. The lowest BCUT2D eigenvalue weighted by atomic mass is 9.78. The van der Waals surface area contributed by atoms with Crippen molar-refractivity contribution in [1.82, 2.24) is 15.2 Å². The molecule has 2 atom stereocenters. The van der Waals surface area contributed by atoms with E-state index in [9.17, 15) is 19.5 Å². The van der Waals surface area contributed by atoms with Crippen LogP contribution in [0.1, 0.15) is 70.7 Å². The number of aromatic amines is 1. The molecule has 3 N–H and O–H groups in total. The molecule has 0 radical (unpaired) electrons. The van der Waals surface area contributed by atoms with Crippen molar-refractivity contribution in [3.05, 3.63) is 54.6 Å². The fraction of sp³-hybridized carbons (Fsp3) is 0.522. The monoisotopic (exact) mass is 445 g/mol. The molecule has 2 aromatic heterocycles. The number of amides is 2. The molecule has 1 saturated heterocycles. The molecule has 2 amide bonds. The van der Waals surface area contributed by atoms with Gasteiger partial charge in [0.15, 0.2) is 0 Å². The molecule has 31 heavy (non-hydrogen) atoms. The van der Waals surface area contributed by atoms with Gasteiger partial charge in [-0.3, -0.25) is 9.59 Å². The van der Waals surface area contributed by atoms with Gasteiger partial charge in [-0.25, -0.2) is 4.79 Å². The zero-order chi connectivity index (χ0) is 23.1. The molecule has 2 unspecified atom stereocenters. The van der Waals surface area contributed by atoms with Gasteiger partial charge < -0.3 is 20.3 Å². The Labute approximate surface area is 186 Å². The molecule has 3 rings (SSSR count). The molecular formula is C23H31N3O4S. The largest absolute Gasteiger partial charge is 0.465 e. The molecule has 0 spiro atoms. The zero-order valence-electron chi connectivity index (χ0n) is 19.0. The normalized spacial score (nSPS) is 19.0. The van der Waals surface area contributed by atoms with Crippen LogP contribution < -0.4 is 10.9 Å². The molecule has 1 aliphatic heterocycles. The third-order valence-corrected chi connectivity index (χ3v) is 7.33. The van der Waals surface area contributed by atoms with E-state index in [4.69, 9.17) is 0 Å². The van der Waals surface area contributed by atoms with Crippen LogP contribution in [0.3, 0.4) is 0 Å². The summed E-state index contributed by atoms with van der Waals surface area (Å²) in [6.45, 7) is 12.4. The molecule has 0 bridgehead atoms. The Kier molecular flexibility index (Phi) is 6.32. The second-order valence-electron chi connectivity index (χ2n) is 9.45. The van der Waals surface area contributed by atoms with E-state index < -0.39 is 6.09 Å². The minimum Gasteiger partial charge on any atom is -0.465 e. The van der Waals surface area contributed by atoms with Gasteiger partial charge in [-0.2, -0.15) is 0 Å². The van der Waals surface area contributed by atoms with Crippen LogP contribution in [0.15, 0.2) is 16.2 Å². The van der Waals surface area contributed by atoms with Crippen LogP contribution in [0.4, 0.5) is 4.79 Å². The first kappa shape index (κ1) is 23.1. The molecule has 8 heteroatoms. The molecule has 3 heterocycles. The molecule has 7 nitrogen and oxygen atoms in total. The van der Waals surface area contributed by atoms with Crippen LogP contribution in [-0.4, -0.2) is 39.6 Å². The van der Waals surface area contributed by atoms with E-state index in [0.29, 0.717) is 17.7 Å². The number of likely N-dealkylation sites (tertiary alicyclic amines) is 1. The topological polar surface area (TPSA) is 102 Å². The van der Waals surface area contributed by atoms with Crippen molar-refractivity contribution in [2.75, 3.05) is 6.54 Å². The lowest BCUT2D eigenvalue weighted by molar-refractivity contribution is 0.0948. The van der Waals surface area contributed by atoms with Gasteiger partial charge in [0.25, 0.3) is 11.5 Å². The first-order chi connectivity index (χ1) is 14.4. The first-order valence-corrected chi connectivity index (χ1v) is 11.3. The number of hydrogen-bond acceptors (Lipinski definition) is 4. The first-order valence-electron chi connectivity index (χ1n) is 10.5. The van der Waals surface area contributed by atoms with Gasteiger partial charge in [-0.05, 0) is 49.8 Å². The Bertz CT molecular complexity index is 1060. The second kappa shape index (κ2) is 8.49. The number of aryl methyl sites for hydroxylation is 2. The van der Waals surface area contributed by atoms with Gasteiger partial charge in [0.2, 0.25) is 0 Å². The maximum Gasteiger partial charge on any atom is 0.407 e. The van der Waals surface area contributed by atoms with E-state index in [1.54, 1.807) is 0 Å². The molecule has 2 aromatic rings. The summed E-state index contributed by atoms with van der Waals surface area (Å²) in [5.41, 5.74) is 3.25. The number of hydrogen-bond donors (Lipinski definition) is 3. The second-order valence-corrected chi connectivity index (χ2v) is 10.4. The maximum atomic E-state index is 12.9. The Hall–Kier alpha value is -2.61. The van der Waals surface area contributed by atoms with Crippen LogP contribution in [0.2, 0.25) is 0 Å². The number of rotatable bonds is 4. The quantitative estimate of drug-likeness (QED) is 0.657. The standard InChI is InChI=1S/C23H31N3O4S/c1-12-9-13(2)25-21(28)16(12)10-24-20(27)17-11-31-18(14(17)3)15-7-8-26(22(29)30)19(15)23(4,5)6/h9,11,15,19H,7-8,10H2,1-6H3,(H,24,27)(H,25,28)(H,29,30). The Morgan fingerprint density at radius 1 is 1.29 bits per heavy atom. The lowest BCUT2D eigenvalue weighted by Crippen LogP contribution is -2.44. The number of nitrogens with zero attached hydrogens (tertiary/aromatic N) is 1. The summed E-state index contributed by atoms with van der Waals surface area (Å²) in [7, 11) is 0. The number of carbonyl (C=O) groups is 2. The third kappa shape index (κ3) is 4.54. The van der Waals surface area contributed by atoms with E-state index >= 15 is 0 Å². The Balaban J connectivity index is 1.82. The molecule has 168 valence electrons. The number of nitrogens with one attached hydrogen (secondary N) is 2. The zero-order valence-corrected chi connectivity index (χ0v) is 19.8. The van der Waals surface area contributed by atoms with Crippen LogP contribution in [0.25, 0.3) is 0 Å². The van der Waals surface area contributed by atoms with Gasteiger partial charge in [-0.15, -0.1) is 11.3 Å². The molecule has 0 aliphatic carbocycles. The molecular weight excluding hydrogens is 414 g/mol. The van der Waals surface area contributed by atoms with Crippen molar-refractivity contribution in [3.63, 3.8) is 0 Å². The van der Waals surface area contributed by atoms with Gasteiger partial charge >= 0.3 is 6.09 Å². The van der Waals surface area contributed by atoms with Crippen molar-refractivity contribution < 1.29 is 14.7 Å². The summed E-state index contributed by atoms with van der Waals surface area (Å²) < 4.78 is 0. The fourth-order valence-electron chi connectivity index (χ4n) is 4.74. The molecule has 0 saturated carbocycles. The summed E-state index contributed by atoms with van der Waals surface area (Å²) in [6, 6.07) is 1.74. The highest BCUT2D eigenvalue weighted by Gasteiger charge is 2.45. The number of H-pyrrole nitrogens is 1. The van der Waals surface area contributed by atoms with E-state index in [0.717, 1.165) is 28.1 Å². The number of carbonyl (C=O) groups excluding carboxylic acids is 1. The molecule has 1 fully saturated rings. The average Bonchev–Trinajstić information content (AvgIpc) is 3.24. The van der Waals surface area contributed by atoms with Gasteiger partial charge in [0.1, 0.15) is 0 Å². The van der Waals surface area contributed by atoms with E-state index in [1.165, 1.54) is 16.2 Å². The predicted molar refractivity (Wildman–Crippen MR) is 122 cm³/mol. The molecule has 1 aliphatic rings. The Morgan fingerprint density at radius 2 is 1.97 bits per heavy atom. The minimum atomic E-state index is -0.895. The summed E-state index contributed by atoms with van der Waals surface area (Å²) in [4.78, 5) is 42.2. The van der Waals surface area contributed by atoms with Crippen molar-refractivity contribution >= 4 is 23.3 Å². The van der Waals surface area contributed by atoms with Crippen LogP contribution in [0.5, 0.6) is 0 Å². The van der Waals surface area contributed by atoms with Crippen molar-refractivity contribution in [1.29, 1.82) is 0 Å². The van der Waals surface area contributed by atoms with Crippen LogP contribution >= 0.6 is 11.3 Å². The van der Waals surface area contributed by atoms with Gasteiger partial charge in [0.05, 0.1) is 5.56 Å². The van der Waals surface area contributed by atoms with Crippen molar-refractivity contribution in [2.24, 2.45) is 5.41 Å². The summed E-state index contributed by atoms with van der Waals surface area (Å²) >= 11 is 1.52. The third-order valence-electron chi connectivity index (χ3n) is 6.11. The number of aromatic nitrogens is 1. The number of carboxylic acid groups (broad SMARTS) is 1. The number of thiophene rings is 1. The average molecular weight is 446 g/mol. The summed E-state index contributed by atoms with van der Waals surface area (Å²) in [5.74, 6) is -0.162. The Morgan fingerprint density at radius 3 is 2.55 bits per heavy atom. The van der Waals surface area contributed by atoms with E-state index in [1.807, 2.05) is 32.2 Å². The minimum absolute atomic E-state index is 0.0600. The smallest absolute Gasteiger partial charge is 0.407 e. The fourth-order valence-corrected chi connectivity index (χ4v) is 5.98. The van der Waals surface area contributed by atoms with Crippen molar-refractivity contribution in [2.45, 2.75) is 66.5 Å². The van der Waals surface area contributed by atoms with Crippen LogP contribution in [0, 0.1) is 26.2 Å². The van der Waals surface area contributed by atoms with Gasteiger partial charge in [-0.1, -0.05) is 20.8 Å². The SMILES string of the molecule is Cc1cc(C)c(CNC(=O)c2csc(C3CCN(C(=O)O)C3C(C)(C)C)c2C)c(=O)[nH]1. The van der Waals surface area contributed by atoms with Gasteiger partial charge in [0, 0.05) is 46.6 Å². The van der Waals surface area contributed by atoms with E-state index in [-0.39, 0.29) is 35.4 Å². The maximum absolute atomic E-state index is 12.9. The number of pyridine rings is 1. The van der Waals surface area contributed by atoms with Crippen LogP contribution in [-0.2, 0) is 6.54 Å². The highest BCUT2D eigenvalue weighted by molar-refractivity contribution is 7.10. The summed E-state index contributed by atoms with van der Waals surface area (Å²) in [6.07, 6.45) is -0.150. The molecule has 0 aromatic carbocycles. The van der Waals surface area contributed by atoms with E-state index in [2.05, 4.69) is 31.1 Å². The predicted octanol–water partition coefficient (Wildman–Crippen LogP) is 4.17.